The highest BCUT2D eigenvalue weighted by Crippen LogP contribution is 2.44. The summed E-state index contributed by atoms with van der Waals surface area (Å²) in [6.45, 7) is 3.88. The van der Waals surface area contributed by atoms with E-state index in [9.17, 15) is 10.2 Å². The predicted molar refractivity (Wildman–Crippen MR) is 77.4 cm³/mol. The van der Waals surface area contributed by atoms with Crippen LogP contribution in [0.4, 0.5) is 0 Å². The molecule has 2 aromatic rings. The van der Waals surface area contributed by atoms with Crippen molar-refractivity contribution in [3.05, 3.63) is 47.5 Å². The van der Waals surface area contributed by atoms with E-state index in [0.717, 1.165) is 20.9 Å². The van der Waals surface area contributed by atoms with E-state index < -0.39 is 0 Å². The number of hydrogen-bond donors (Lipinski definition) is 2. The molecule has 0 unspecified atom stereocenters. The fraction of sp³-hybridized carbons (Fsp3) is 0.143. The molecule has 18 heavy (non-hydrogen) atoms. The molecule has 2 rings (SSSR count). The van der Waals surface area contributed by atoms with Crippen LogP contribution in [0.2, 0.25) is 0 Å². The average Bonchev–Trinajstić information content (AvgIpc) is 2.30. The van der Waals surface area contributed by atoms with Gasteiger partial charge in [-0.1, -0.05) is 12.1 Å². The van der Waals surface area contributed by atoms with Crippen LogP contribution < -0.4 is 0 Å². The fourth-order valence-corrected chi connectivity index (χ4v) is 3.59. The zero-order valence-electron chi connectivity index (χ0n) is 10.2. The van der Waals surface area contributed by atoms with Crippen LogP contribution in [0, 0.1) is 13.8 Å². The molecule has 0 radical (unpaired) electrons. The van der Waals surface area contributed by atoms with Crippen molar-refractivity contribution < 1.29 is 10.2 Å². The molecule has 2 N–H and O–H groups in total. The summed E-state index contributed by atoms with van der Waals surface area (Å²) in [5, 5.41) is 19.6. The molecule has 0 aliphatic carbocycles. The molecule has 94 valence electrons. The second-order valence-corrected chi connectivity index (χ2v) is 6.32. The van der Waals surface area contributed by atoms with Gasteiger partial charge in [0.1, 0.15) is 11.5 Å². The summed E-state index contributed by atoms with van der Waals surface area (Å²) in [7, 11) is 2.87. The highest BCUT2D eigenvalue weighted by atomic mass is 33.1. The first-order chi connectivity index (χ1) is 8.56. The number of phenols is 2. The third-order valence-electron chi connectivity index (χ3n) is 2.45. The number of rotatable bonds is 3. The van der Waals surface area contributed by atoms with Crippen LogP contribution in [0.25, 0.3) is 0 Å². The molecule has 0 heterocycles. The lowest BCUT2D eigenvalue weighted by Gasteiger charge is -2.06. The second-order valence-electron chi connectivity index (χ2n) is 4.11. The van der Waals surface area contributed by atoms with Crippen molar-refractivity contribution in [2.24, 2.45) is 0 Å². The minimum Gasteiger partial charge on any atom is -0.507 e. The predicted octanol–water partition coefficient (Wildman–Crippen LogP) is 4.51. The van der Waals surface area contributed by atoms with Gasteiger partial charge in [-0.15, -0.1) is 0 Å². The Morgan fingerprint density at radius 3 is 1.44 bits per heavy atom. The van der Waals surface area contributed by atoms with Gasteiger partial charge in [-0.2, -0.15) is 0 Å². The van der Waals surface area contributed by atoms with Crippen LogP contribution in [0.5, 0.6) is 11.5 Å². The Morgan fingerprint density at radius 1 is 0.722 bits per heavy atom. The molecule has 0 fully saturated rings. The molecule has 2 aromatic carbocycles. The number of hydrogen-bond acceptors (Lipinski definition) is 4. The zero-order chi connectivity index (χ0) is 13.1. The zero-order valence-corrected chi connectivity index (χ0v) is 11.8. The summed E-state index contributed by atoms with van der Waals surface area (Å²) in [5.41, 5.74) is 2.06. The van der Waals surface area contributed by atoms with Crippen molar-refractivity contribution in [3.8, 4) is 11.5 Å². The summed E-state index contributed by atoms with van der Waals surface area (Å²) in [4.78, 5) is 1.59. The van der Waals surface area contributed by atoms with Crippen LogP contribution in [-0.2, 0) is 0 Å². The first-order valence-corrected chi connectivity index (χ1v) is 7.65. The summed E-state index contributed by atoms with van der Waals surface area (Å²) < 4.78 is 0. The smallest absolute Gasteiger partial charge is 0.130 e. The molecule has 0 saturated heterocycles. The Morgan fingerprint density at radius 2 is 1.11 bits per heavy atom. The van der Waals surface area contributed by atoms with Crippen LogP contribution in [0.1, 0.15) is 11.1 Å². The van der Waals surface area contributed by atoms with Gasteiger partial charge in [0.2, 0.25) is 0 Å². The first-order valence-electron chi connectivity index (χ1n) is 5.50. The lowest BCUT2D eigenvalue weighted by atomic mass is 10.2. The van der Waals surface area contributed by atoms with Crippen LogP contribution >= 0.6 is 21.6 Å². The van der Waals surface area contributed by atoms with Gasteiger partial charge in [0, 0.05) is 0 Å². The molecule has 4 heteroatoms. The monoisotopic (exact) mass is 278 g/mol. The second kappa shape index (κ2) is 5.59. The Balaban J connectivity index is 2.11. The maximum Gasteiger partial charge on any atom is 0.130 e. The largest absolute Gasteiger partial charge is 0.507 e. The highest BCUT2D eigenvalue weighted by molar-refractivity contribution is 8.76. The maximum absolute atomic E-state index is 9.79. The maximum atomic E-state index is 9.79. The van der Waals surface area contributed by atoms with Gasteiger partial charge < -0.3 is 10.2 Å². The molecule has 0 atom stereocenters. The average molecular weight is 278 g/mol. The van der Waals surface area contributed by atoms with Gasteiger partial charge in [-0.3, -0.25) is 0 Å². The lowest BCUT2D eigenvalue weighted by molar-refractivity contribution is 0.461. The van der Waals surface area contributed by atoms with E-state index in [1.54, 1.807) is 12.1 Å². The van der Waals surface area contributed by atoms with E-state index in [-0.39, 0.29) is 11.5 Å². The minimum absolute atomic E-state index is 0.277. The highest BCUT2D eigenvalue weighted by Gasteiger charge is 2.06. The quantitative estimate of drug-likeness (QED) is 0.810. The lowest BCUT2D eigenvalue weighted by Crippen LogP contribution is -1.77. The van der Waals surface area contributed by atoms with Gasteiger partial charge in [0.15, 0.2) is 0 Å². The van der Waals surface area contributed by atoms with Crippen molar-refractivity contribution in [2.45, 2.75) is 23.6 Å². The van der Waals surface area contributed by atoms with E-state index in [1.807, 2.05) is 38.1 Å². The van der Waals surface area contributed by atoms with Gasteiger partial charge >= 0.3 is 0 Å². The number of aryl methyl sites for hydroxylation is 2. The van der Waals surface area contributed by atoms with E-state index in [1.165, 1.54) is 21.6 Å². The Labute approximate surface area is 114 Å². The molecular weight excluding hydrogens is 264 g/mol. The molecule has 0 aliphatic heterocycles. The first kappa shape index (κ1) is 13.2. The summed E-state index contributed by atoms with van der Waals surface area (Å²) in [6, 6.07) is 11.1. The molecule has 0 aliphatic rings. The van der Waals surface area contributed by atoms with Crippen molar-refractivity contribution in [1.82, 2.24) is 0 Å². The SMILES string of the molecule is Cc1ccc(SSc2ccc(C)cc2O)c(O)c1. The molecule has 0 amide bonds. The summed E-state index contributed by atoms with van der Waals surface area (Å²) in [5.74, 6) is 0.554. The molecule has 0 aromatic heterocycles. The van der Waals surface area contributed by atoms with E-state index in [2.05, 4.69) is 0 Å². The van der Waals surface area contributed by atoms with Crippen molar-refractivity contribution in [2.75, 3.05) is 0 Å². The Bertz CT molecular complexity index is 516. The topological polar surface area (TPSA) is 40.5 Å². The van der Waals surface area contributed by atoms with Crippen LogP contribution in [-0.4, -0.2) is 10.2 Å². The molecular formula is C14H14O2S2. The van der Waals surface area contributed by atoms with Crippen molar-refractivity contribution in [1.29, 1.82) is 0 Å². The number of aromatic hydroxyl groups is 2. The van der Waals surface area contributed by atoms with Gasteiger partial charge in [-0.25, -0.2) is 0 Å². The third kappa shape index (κ3) is 3.15. The fourth-order valence-electron chi connectivity index (χ4n) is 1.49. The van der Waals surface area contributed by atoms with Crippen LogP contribution in [0.15, 0.2) is 46.2 Å². The molecule has 2 nitrogen and oxygen atoms in total. The van der Waals surface area contributed by atoms with Gasteiger partial charge in [-0.05, 0) is 70.8 Å². The minimum atomic E-state index is 0.277. The number of benzene rings is 2. The molecule has 0 bridgehead atoms. The van der Waals surface area contributed by atoms with E-state index >= 15 is 0 Å². The summed E-state index contributed by atoms with van der Waals surface area (Å²) >= 11 is 0. The van der Waals surface area contributed by atoms with Gasteiger partial charge in [0.25, 0.3) is 0 Å². The van der Waals surface area contributed by atoms with E-state index in [0.29, 0.717) is 0 Å². The standard InChI is InChI=1S/C14H14O2S2/c1-9-3-5-13(11(15)7-9)17-18-14-6-4-10(2)8-12(14)16/h3-8,15-16H,1-2H3. The van der Waals surface area contributed by atoms with Gasteiger partial charge in [0.05, 0.1) is 9.79 Å². The van der Waals surface area contributed by atoms with Crippen molar-refractivity contribution >= 4 is 21.6 Å². The van der Waals surface area contributed by atoms with Crippen molar-refractivity contribution in [3.63, 3.8) is 0 Å². The van der Waals surface area contributed by atoms with Crippen LogP contribution in [0.3, 0.4) is 0 Å². The summed E-state index contributed by atoms with van der Waals surface area (Å²) in [6.07, 6.45) is 0. The molecule has 0 spiro atoms. The van der Waals surface area contributed by atoms with E-state index in [4.69, 9.17) is 0 Å². The normalized spacial score (nSPS) is 10.6. The third-order valence-corrected chi connectivity index (χ3v) is 4.91. The molecule has 0 saturated carbocycles. The Hall–Kier alpha value is -1.26. The number of phenolic OH excluding ortho intramolecular Hbond substituents is 2. The Kier molecular flexibility index (Phi) is 4.09.